The van der Waals surface area contributed by atoms with Crippen LogP contribution in [0.2, 0.25) is 0 Å². The minimum Gasteiger partial charge on any atom is -0.225 e. The molecule has 0 aromatic heterocycles. The molecule has 0 saturated heterocycles. The molecule has 0 aromatic carbocycles. The van der Waals surface area contributed by atoms with E-state index in [2.05, 4.69) is 78.0 Å². The van der Waals surface area contributed by atoms with Gasteiger partial charge in [0.15, 0.2) is 0 Å². The van der Waals surface area contributed by atoms with Crippen molar-refractivity contribution >= 4 is 0 Å². The fourth-order valence-corrected chi connectivity index (χ4v) is 2.16. The quantitative estimate of drug-likeness (QED) is 0.398. The summed E-state index contributed by atoms with van der Waals surface area (Å²) in [4.78, 5) is 0. The number of hydrogen-bond donors (Lipinski definition) is 0. The van der Waals surface area contributed by atoms with Crippen molar-refractivity contribution in [3.05, 3.63) is 59.4 Å². The third-order valence-corrected chi connectivity index (χ3v) is 3.77. The molecule has 0 unspecified atom stereocenters. The van der Waals surface area contributed by atoms with Gasteiger partial charge in [-0.25, -0.2) is 36.1 Å². The molecule has 0 atom stereocenters. The monoisotopic (exact) mass is 372 g/mol. The topological polar surface area (TPSA) is 0 Å². The Hall–Kier alpha value is -0.677. The predicted molar refractivity (Wildman–Crippen MR) is 91.2 cm³/mol. The van der Waals surface area contributed by atoms with Crippen LogP contribution in [-0.4, -0.2) is 0 Å². The largest absolute Gasteiger partial charge is 2.00 e. The molecule has 0 amide bonds. The summed E-state index contributed by atoms with van der Waals surface area (Å²) >= 11 is 0. The van der Waals surface area contributed by atoms with Gasteiger partial charge >= 0.3 is 19.5 Å². The molecule has 0 bridgehead atoms. The maximum absolute atomic E-state index is 2.32. The van der Waals surface area contributed by atoms with Crippen molar-refractivity contribution in [2.75, 3.05) is 0 Å². The van der Waals surface area contributed by atoms with E-state index in [0.717, 1.165) is 12.8 Å². The number of hydrogen-bond acceptors (Lipinski definition) is 0. The molecule has 0 radical (unpaired) electrons. The maximum atomic E-state index is 2.32. The van der Waals surface area contributed by atoms with Gasteiger partial charge in [-0.3, -0.25) is 0 Å². The van der Waals surface area contributed by atoms with E-state index in [1.807, 2.05) is 0 Å². The Morgan fingerprint density at radius 3 is 1.29 bits per heavy atom. The minimum atomic E-state index is 0. The molecule has 0 aromatic rings. The van der Waals surface area contributed by atoms with Gasteiger partial charge in [0, 0.05) is 0 Å². The summed E-state index contributed by atoms with van der Waals surface area (Å²) in [7, 11) is 0. The molecular formula is C20H30Ru. The standard InChI is InChI=1S/2C10H15.Ru/c2*1-8(2)10-6-4-9(3)5-7-10;/h2*4,6-8H,5H2,1-3H3;/q2*-1;+2. The Bertz CT molecular complexity index is 368. The molecule has 2 aliphatic carbocycles. The smallest absolute Gasteiger partial charge is 0.225 e. The van der Waals surface area contributed by atoms with Gasteiger partial charge in [-0.05, 0) is 11.8 Å². The second kappa shape index (κ2) is 10.1. The molecule has 0 saturated carbocycles. The molecular weight excluding hydrogens is 341 g/mol. The Morgan fingerprint density at radius 1 is 0.762 bits per heavy atom. The van der Waals surface area contributed by atoms with Crippen molar-refractivity contribution in [3.8, 4) is 0 Å². The van der Waals surface area contributed by atoms with Gasteiger partial charge in [-0.2, -0.15) is 0 Å². The van der Waals surface area contributed by atoms with Gasteiger partial charge in [0.25, 0.3) is 0 Å². The average Bonchev–Trinajstić information content (AvgIpc) is 2.40. The summed E-state index contributed by atoms with van der Waals surface area (Å²) in [6.07, 6.45) is 15.8. The zero-order valence-corrected chi connectivity index (χ0v) is 16.1. The zero-order chi connectivity index (χ0) is 15.1. The van der Waals surface area contributed by atoms with E-state index in [1.165, 1.54) is 23.0 Å². The number of rotatable bonds is 2. The Kier molecular flexibility index (Phi) is 9.79. The Morgan fingerprint density at radius 2 is 1.10 bits per heavy atom. The van der Waals surface area contributed by atoms with Crippen LogP contribution in [0.1, 0.15) is 54.4 Å². The summed E-state index contributed by atoms with van der Waals surface area (Å²) in [5.41, 5.74) is 2.95. The van der Waals surface area contributed by atoms with Crippen LogP contribution in [0.5, 0.6) is 0 Å². The third kappa shape index (κ3) is 7.77. The third-order valence-electron chi connectivity index (χ3n) is 3.77. The molecule has 0 nitrogen and oxygen atoms in total. The van der Waals surface area contributed by atoms with Crippen LogP contribution in [0.4, 0.5) is 0 Å². The van der Waals surface area contributed by atoms with E-state index in [4.69, 9.17) is 0 Å². The Labute approximate surface area is 145 Å². The fraction of sp³-hybridized carbons (Fsp3) is 0.500. The molecule has 21 heavy (non-hydrogen) atoms. The van der Waals surface area contributed by atoms with E-state index >= 15 is 0 Å². The van der Waals surface area contributed by atoms with Crippen LogP contribution in [0.25, 0.3) is 0 Å². The van der Waals surface area contributed by atoms with Gasteiger partial charge in [-0.1, -0.05) is 40.5 Å². The van der Waals surface area contributed by atoms with E-state index in [0.29, 0.717) is 11.8 Å². The molecule has 2 rings (SSSR count). The van der Waals surface area contributed by atoms with E-state index in [9.17, 15) is 0 Å². The van der Waals surface area contributed by atoms with E-state index in [-0.39, 0.29) is 19.5 Å². The molecule has 0 N–H and O–H groups in total. The Balaban J connectivity index is 0.000000364. The molecule has 0 spiro atoms. The second-order valence-electron chi connectivity index (χ2n) is 6.49. The SMILES string of the molecule is C[C-]1C=CC(C(C)C)=CC1.C[C-]1C=CC(C(C)C)=CC1.[Ru+2]. The van der Waals surface area contributed by atoms with Gasteiger partial charge in [0.05, 0.1) is 0 Å². The van der Waals surface area contributed by atoms with Crippen LogP contribution >= 0.6 is 0 Å². The fourth-order valence-electron chi connectivity index (χ4n) is 2.16. The summed E-state index contributed by atoms with van der Waals surface area (Å²) in [6, 6.07) is 0. The normalized spacial score (nSPS) is 17.1. The van der Waals surface area contributed by atoms with Crippen LogP contribution in [-0.2, 0) is 19.5 Å². The summed E-state index contributed by atoms with van der Waals surface area (Å²) in [5.74, 6) is 4.29. The van der Waals surface area contributed by atoms with Crippen LogP contribution in [0, 0.1) is 23.7 Å². The van der Waals surface area contributed by atoms with Crippen LogP contribution in [0.15, 0.2) is 47.6 Å². The maximum Gasteiger partial charge on any atom is 2.00 e. The van der Waals surface area contributed by atoms with Crippen LogP contribution < -0.4 is 0 Å². The minimum absolute atomic E-state index is 0. The predicted octanol–water partition coefficient (Wildman–Crippen LogP) is 6.24. The molecule has 118 valence electrons. The summed E-state index contributed by atoms with van der Waals surface area (Å²) < 4.78 is 0. The van der Waals surface area contributed by atoms with Crippen molar-refractivity contribution in [1.82, 2.24) is 0 Å². The first kappa shape index (κ1) is 20.3. The average molecular weight is 372 g/mol. The van der Waals surface area contributed by atoms with Gasteiger partial charge in [0.1, 0.15) is 0 Å². The zero-order valence-electron chi connectivity index (χ0n) is 14.4. The van der Waals surface area contributed by atoms with Crippen molar-refractivity contribution in [2.45, 2.75) is 54.4 Å². The molecule has 1 heteroatoms. The molecule has 2 aliphatic rings. The summed E-state index contributed by atoms with van der Waals surface area (Å²) in [6.45, 7) is 13.3. The molecule has 0 aliphatic heterocycles. The number of allylic oxidation sites excluding steroid dienone is 8. The first-order valence-corrected chi connectivity index (χ1v) is 7.81. The summed E-state index contributed by atoms with van der Waals surface area (Å²) in [5, 5.41) is 0. The molecule has 0 fully saturated rings. The molecule has 0 heterocycles. The first-order valence-electron chi connectivity index (χ1n) is 7.81. The van der Waals surface area contributed by atoms with Gasteiger partial charge < -0.3 is 0 Å². The second-order valence-corrected chi connectivity index (χ2v) is 6.49. The van der Waals surface area contributed by atoms with Crippen molar-refractivity contribution in [3.63, 3.8) is 0 Å². The van der Waals surface area contributed by atoms with E-state index in [1.54, 1.807) is 0 Å². The van der Waals surface area contributed by atoms with Crippen molar-refractivity contribution < 1.29 is 19.5 Å². The van der Waals surface area contributed by atoms with Gasteiger partial charge in [0.2, 0.25) is 0 Å². The van der Waals surface area contributed by atoms with Crippen molar-refractivity contribution in [2.24, 2.45) is 11.8 Å². The first-order chi connectivity index (χ1) is 9.40. The van der Waals surface area contributed by atoms with Gasteiger partial charge in [-0.15, -0.1) is 37.1 Å². The van der Waals surface area contributed by atoms with Crippen molar-refractivity contribution in [1.29, 1.82) is 0 Å². The van der Waals surface area contributed by atoms with E-state index < -0.39 is 0 Å². The van der Waals surface area contributed by atoms with Crippen LogP contribution in [0.3, 0.4) is 0 Å².